The SMILES string of the molecule is Nc1ncc(Br)cc1S(=O)(=O)C12CNC(CN1C(=O)O)C2. The van der Waals surface area contributed by atoms with Gasteiger partial charge < -0.3 is 16.2 Å². The number of carbonyl (C=O) groups is 1. The Morgan fingerprint density at radius 2 is 2.33 bits per heavy atom. The Bertz CT molecular complexity index is 725. The fourth-order valence-electron chi connectivity index (χ4n) is 3.01. The van der Waals surface area contributed by atoms with Crippen LogP contribution in [0.15, 0.2) is 21.6 Å². The number of rotatable bonds is 2. The van der Waals surface area contributed by atoms with Crippen molar-refractivity contribution in [2.45, 2.75) is 22.2 Å². The van der Waals surface area contributed by atoms with Crippen molar-refractivity contribution < 1.29 is 18.3 Å². The summed E-state index contributed by atoms with van der Waals surface area (Å²) in [5.41, 5.74) is 5.69. The number of hydrogen-bond acceptors (Lipinski definition) is 6. The molecule has 1 aromatic heterocycles. The highest BCUT2D eigenvalue weighted by molar-refractivity contribution is 9.10. The van der Waals surface area contributed by atoms with Crippen molar-refractivity contribution in [1.29, 1.82) is 0 Å². The minimum atomic E-state index is -3.99. The number of aromatic nitrogens is 1. The molecule has 0 spiro atoms. The molecule has 0 radical (unpaired) electrons. The molecule has 114 valence electrons. The Labute approximate surface area is 129 Å². The number of piperazine rings is 1. The Morgan fingerprint density at radius 3 is 2.95 bits per heavy atom. The van der Waals surface area contributed by atoms with Crippen LogP contribution in [0, 0.1) is 0 Å². The van der Waals surface area contributed by atoms with E-state index in [9.17, 15) is 18.3 Å². The van der Waals surface area contributed by atoms with Crippen LogP contribution in [0.3, 0.4) is 0 Å². The van der Waals surface area contributed by atoms with Crippen molar-refractivity contribution in [1.82, 2.24) is 15.2 Å². The van der Waals surface area contributed by atoms with E-state index in [1.54, 1.807) is 0 Å². The number of nitrogens with one attached hydrogen (secondary N) is 1. The zero-order valence-corrected chi connectivity index (χ0v) is 13.2. The summed E-state index contributed by atoms with van der Waals surface area (Å²) in [4.78, 5) is 14.6. The van der Waals surface area contributed by atoms with Crippen molar-refractivity contribution >= 4 is 37.7 Å². The summed E-state index contributed by atoms with van der Waals surface area (Å²) in [5, 5.41) is 12.3. The van der Waals surface area contributed by atoms with Crippen LogP contribution in [0.4, 0.5) is 10.6 Å². The summed E-state index contributed by atoms with van der Waals surface area (Å²) >= 11 is 3.16. The van der Waals surface area contributed by atoms with E-state index < -0.39 is 20.8 Å². The third-order valence-electron chi connectivity index (χ3n) is 4.00. The van der Waals surface area contributed by atoms with Gasteiger partial charge >= 0.3 is 6.09 Å². The zero-order valence-electron chi connectivity index (χ0n) is 10.8. The first kappa shape index (κ1) is 14.5. The molecule has 0 saturated carbocycles. The van der Waals surface area contributed by atoms with Gasteiger partial charge in [-0.15, -0.1) is 0 Å². The minimum absolute atomic E-state index is 0.0538. The molecule has 2 unspecified atom stereocenters. The van der Waals surface area contributed by atoms with Gasteiger partial charge in [-0.25, -0.2) is 18.2 Å². The number of hydrogen-bond donors (Lipinski definition) is 3. The van der Waals surface area contributed by atoms with E-state index >= 15 is 0 Å². The van der Waals surface area contributed by atoms with Gasteiger partial charge in [0.15, 0.2) is 4.87 Å². The lowest BCUT2D eigenvalue weighted by atomic mass is 10.2. The smallest absolute Gasteiger partial charge is 0.408 e. The third kappa shape index (κ3) is 1.93. The van der Waals surface area contributed by atoms with Crippen LogP contribution in [0.5, 0.6) is 0 Å². The Kier molecular flexibility index (Phi) is 3.15. The van der Waals surface area contributed by atoms with Crippen molar-refractivity contribution in [2.75, 3.05) is 18.8 Å². The van der Waals surface area contributed by atoms with Gasteiger partial charge in [-0.05, 0) is 22.0 Å². The topological polar surface area (TPSA) is 126 Å². The Morgan fingerprint density at radius 1 is 1.62 bits per heavy atom. The predicted molar refractivity (Wildman–Crippen MR) is 77.4 cm³/mol. The number of amides is 1. The molecule has 2 fully saturated rings. The van der Waals surface area contributed by atoms with Crippen LogP contribution in [0.25, 0.3) is 0 Å². The van der Waals surface area contributed by atoms with E-state index in [1.165, 1.54) is 12.3 Å². The van der Waals surface area contributed by atoms with Crippen LogP contribution >= 0.6 is 15.9 Å². The molecule has 2 saturated heterocycles. The molecule has 3 heterocycles. The predicted octanol–water partition coefficient (Wildman–Crippen LogP) is 0.252. The van der Waals surface area contributed by atoms with E-state index in [1.807, 2.05) is 0 Å². The molecule has 2 aliphatic rings. The second kappa shape index (κ2) is 4.55. The maximum Gasteiger partial charge on any atom is 0.408 e. The first-order chi connectivity index (χ1) is 9.78. The first-order valence-corrected chi connectivity index (χ1v) is 8.45. The van der Waals surface area contributed by atoms with Crippen LogP contribution in [0.1, 0.15) is 6.42 Å². The second-order valence-electron chi connectivity index (χ2n) is 5.16. The normalized spacial score (nSPS) is 28.0. The van der Waals surface area contributed by atoms with Crippen molar-refractivity contribution in [3.63, 3.8) is 0 Å². The monoisotopic (exact) mass is 376 g/mol. The Balaban J connectivity index is 2.17. The average Bonchev–Trinajstić information content (AvgIpc) is 3.01. The van der Waals surface area contributed by atoms with Gasteiger partial charge in [-0.2, -0.15) is 0 Å². The number of nitrogens with zero attached hydrogens (tertiary/aromatic N) is 2. The summed E-state index contributed by atoms with van der Waals surface area (Å²) in [6, 6.07) is 1.20. The molecule has 2 atom stereocenters. The van der Waals surface area contributed by atoms with Gasteiger partial charge in [0.05, 0.1) is 0 Å². The van der Waals surface area contributed by atoms with Gasteiger partial charge in [-0.3, -0.25) is 4.90 Å². The third-order valence-corrected chi connectivity index (χ3v) is 6.87. The maximum absolute atomic E-state index is 13.0. The van der Waals surface area contributed by atoms with Gasteiger partial charge in [0.25, 0.3) is 0 Å². The fourth-order valence-corrected chi connectivity index (χ4v) is 5.65. The molecule has 8 nitrogen and oxygen atoms in total. The molecule has 10 heteroatoms. The molecule has 21 heavy (non-hydrogen) atoms. The molecule has 4 N–H and O–H groups in total. The molecule has 3 rings (SSSR count). The van der Waals surface area contributed by atoms with Crippen molar-refractivity contribution in [2.24, 2.45) is 0 Å². The lowest BCUT2D eigenvalue weighted by Crippen LogP contribution is -2.58. The summed E-state index contributed by atoms with van der Waals surface area (Å²) < 4.78 is 26.5. The summed E-state index contributed by atoms with van der Waals surface area (Å²) in [5.74, 6) is -0.131. The fraction of sp³-hybridized carbons (Fsp3) is 0.455. The molecular formula is C11H13BrN4O4S. The number of pyridine rings is 1. The molecule has 2 aliphatic heterocycles. The number of likely N-dealkylation sites (tertiary alicyclic amines) is 1. The first-order valence-electron chi connectivity index (χ1n) is 6.17. The summed E-state index contributed by atoms with van der Waals surface area (Å²) in [7, 11) is -3.99. The highest BCUT2D eigenvalue weighted by Gasteiger charge is 2.61. The van der Waals surface area contributed by atoms with E-state index in [-0.39, 0.29) is 36.3 Å². The number of carboxylic acid groups (broad SMARTS) is 1. The standard InChI is InChI=1S/C11H13BrN4O4S/c12-6-1-8(9(13)14-3-6)21(19,20)11-2-7(15-5-11)4-16(11)10(17)18/h1,3,7,15H,2,4-5H2,(H2,13,14)(H,17,18). The number of sulfone groups is 1. The van der Waals surface area contributed by atoms with Crippen molar-refractivity contribution in [3.8, 4) is 0 Å². The number of fused-ring (bicyclic) bond motifs is 2. The second-order valence-corrected chi connectivity index (χ2v) is 8.28. The van der Waals surface area contributed by atoms with Crippen LogP contribution < -0.4 is 11.1 Å². The lowest BCUT2D eigenvalue weighted by Gasteiger charge is -2.36. The quantitative estimate of drug-likeness (QED) is 0.675. The van der Waals surface area contributed by atoms with E-state index in [2.05, 4.69) is 26.2 Å². The molecular weight excluding hydrogens is 364 g/mol. The average molecular weight is 377 g/mol. The highest BCUT2D eigenvalue weighted by atomic mass is 79.9. The number of anilines is 1. The summed E-state index contributed by atoms with van der Waals surface area (Å²) in [6.45, 7) is 0.203. The lowest BCUT2D eigenvalue weighted by molar-refractivity contribution is 0.123. The Hall–Kier alpha value is -1.39. The van der Waals surface area contributed by atoms with Crippen LogP contribution in [0.2, 0.25) is 0 Å². The van der Waals surface area contributed by atoms with Gasteiger partial charge in [0, 0.05) is 36.2 Å². The van der Waals surface area contributed by atoms with E-state index in [0.29, 0.717) is 4.47 Å². The van der Waals surface area contributed by atoms with Gasteiger partial charge in [-0.1, -0.05) is 0 Å². The largest absolute Gasteiger partial charge is 0.465 e. The molecule has 1 amide bonds. The van der Waals surface area contributed by atoms with Gasteiger partial charge in [0.2, 0.25) is 9.84 Å². The highest BCUT2D eigenvalue weighted by Crippen LogP contribution is 2.43. The van der Waals surface area contributed by atoms with Gasteiger partial charge in [0.1, 0.15) is 10.7 Å². The molecule has 2 bridgehead atoms. The number of nitrogens with two attached hydrogens (primary N) is 1. The minimum Gasteiger partial charge on any atom is -0.465 e. The molecule has 1 aromatic rings. The summed E-state index contributed by atoms with van der Waals surface area (Å²) in [6.07, 6.45) is 0.364. The molecule has 0 aromatic carbocycles. The van der Waals surface area contributed by atoms with Crippen LogP contribution in [-0.2, 0) is 9.84 Å². The van der Waals surface area contributed by atoms with Crippen molar-refractivity contribution in [3.05, 3.63) is 16.7 Å². The van der Waals surface area contributed by atoms with E-state index in [4.69, 9.17) is 5.73 Å². The maximum atomic E-state index is 13.0. The van der Waals surface area contributed by atoms with E-state index in [0.717, 1.165) is 4.90 Å². The molecule has 0 aliphatic carbocycles. The number of halogens is 1. The zero-order chi connectivity index (χ0) is 15.4. The number of nitrogen functional groups attached to an aromatic ring is 1. The van der Waals surface area contributed by atoms with Crippen LogP contribution in [-0.4, -0.2) is 53.5 Å².